The fraction of sp³-hybridized carbons (Fsp3) is 0.263. The van der Waals surface area contributed by atoms with Crippen LogP contribution in [0.2, 0.25) is 0 Å². The van der Waals surface area contributed by atoms with Gasteiger partial charge in [0.25, 0.3) is 0 Å². The molecule has 0 atom stereocenters. The van der Waals surface area contributed by atoms with Crippen molar-refractivity contribution in [3.63, 3.8) is 0 Å². The molecular weight excluding hydrogens is 320 g/mol. The largest absolute Gasteiger partial charge is 0.453 e. The maximum absolute atomic E-state index is 12.6. The van der Waals surface area contributed by atoms with E-state index in [1.807, 2.05) is 44.2 Å². The first kappa shape index (κ1) is 18.3. The number of rotatable bonds is 5. The molecule has 0 unspecified atom stereocenters. The van der Waals surface area contributed by atoms with E-state index in [4.69, 9.17) is 4.74 Å². The zero-order chi connectivity index (χ0) is 18.2. The Labute approximate surface area is 147 Å². The quantitative estimate of drug-likeness (QED) is 0.867. The Morgan fingerprint density at radius 2 is 1.80 bits per heavy atom. The Balaban J connectivity index is 2.15. The number of nitrogens with zero attached hydrogens (tertiary/aromatic N) is 1. The summed E-state index contributed by atoms with van der Waals surface area (Å²) in [5.74, 6) is 0.615. The molecule has 0 heterocycles. The van der Waals surface area contributed by atoms with Crippen LogP contribution in [-0.2, 0) is 4.74 Å². The second-order valence-electron chi connectivity index (χ2n) is 5.85. The van der Waals surface area contributed by atoms with E-state index in [1.165, 1.54) is 7.11 Å². The Bertz CT molecular complexity index is 716. The first-order valence-corrected chi connectivity index (χ1v) is 7.99. The monoisotopic (exact) mass is 342 g/mol. The van der Waals surface area contributed by atoms with Gasteiger partial charge < -0.3 is 9.47 Å². The van der Waals surface area contributed by atoms with Crippen LogP contribution in [0.4, 0.5) is 21.0 Å². The number of benzene rings is 2. The summed E-state index contributed by atoms with van der Waals surface area (Å²) in [6, 6.07) is 15.9. The second kappa shape index (κ2) is 8.73. The van der Waals surface area contributed by atoms with Crippen molar-refractivity contribution < 1.29 is 19.1 Å². The van der Waals surface area contributed by atoms with Gasteiger partial charge in [-0.1, -0.05) is 38.1 Å². The number of carbonyl (C=O) groups excluding carboxylic acids is 2. The van der Waals surface area contributed by atoms with Crippen LogP contribution in [0, 0.1) is 5.92 Å². The normalized spacial score (nSPS) is 10.2. The second-order valence-corrected chi connectivity index (χ2v) is 5.85. The van der Waals surface area contributed by atoms with Crippen molar-refractivity contribution >= 4 is 23.6 Å². The smallest absolute Gasteiger partial charge is 0.419 e. The first-order chi connectivity index (χ1) is 12.0. The van der Waals surface area contributed by atoms with E-state index in [1.54, 1.807) is 29.2 Å². The SMILES string of the molecule is COC(=O)Nc1cccc(OC(=O)N(CC(C)C)c2ccccc2)c1. The molecule has 25 heavy (non-hydrogen) atoms. The van der Waals surface area contributed by atoms with E-state index in [0.717, 1.165) is 5.69 Å². The number of anilines is 2. The number of ether oxygens (including phenoxy) is 2. The molecule has 6 nitrogen and oxygen atoms in total. The van der Waals surface area contributed by atoms with Crippen molar-refractivity contribution in [2.75, 3.05) is 23.9 Å². The zero-order valence-corrected chi connectivity index (χ0v) is 14.6. The van der Waals surface area contributed by atoms with Crippen LogP contribution in [-0.4, -0.2) is 25.8 Å². The molecule has 0 saturated heterocycles. The molecule has 0 spiro atoms. The van der Waals surface area contributed by atoms with Gasteiger partial charge in [0.1, 0.15) is 5.75 Å². The number of methoxy groups -OCH3 is 1. The molecule has 2 aromatic rings. The molecule has 0 aromatic heterocycles. The molecule has 2 rings (SSSR count). The van der Waals surface area contributed by atoms with E-state index >= 15 is 0 Å². The lowest BCUT2D eigenvalue weighted by Gasteiger charge is -2.24. The van der Waals surface area contributed by atoms with Crippen molar-refractivity contribution in [3.05, 3.63) is 54.6 Å². The Morgan fingerprint density at radius 3 is 2.44 bits per heavy atom. The number of carbonyl (C=O) groups is 2. The molecule has 0 aliphatic heterocycles. The van der Waals surface area contributed by atoms with E-state index < -0.39 is 12.2 Å². The lowest BCUT2D eigenvalue weighted by atomic mass is 10.2. The van der Waals surface area contributed by atoms with Crippen LogP contribution >= 0.6 is 0 Å². The van der Waals surface area contributed by atoms with Gasteiger partial charge in [0, 0.05) is 24.0 Å². The maximum Gasteiger partial charge on any atom is 0.419 e. The summed E-state index contributed by atoms with van der Waals surface area (Å²) in [6.07, 6.45) is -1.07. The van der Waals surface area contributed by atoms with Crippen LogP contribution in [0.15, 0.2) is 54.6 Å². The van der Waals surface area contributed by atoms with Crippen LogP contribution in [0.5, 0.6) is 5.75 Å². The standard InChI is InChI=1S/C19H22N2O4/c1-14(2)13-21(16-9-5-4-6-10-16)19(23)25-17-11-7-8-15(12-17)20-18(22)24-3/h4-12,14H,13H2,1-3H3,(H,20,22). The van der Waals surface area contributed by atoms with Gasteiger partial charge >= 0.3 is 12.2 Å². The van der Waals surface area contributed by atoms with Gasteiger partial charge in [-0.3, -0.25) is 10.2 Å². The summed E-state index contributed by atoms with van der Waals surface area (Å²) in [7, 11) is 1.28. The first-order valence-electron chi connectivity index (χ1n) is 7.99. The lowest BCUT2D eigenvalue weighted by molar-refractivity contribution is 0.187. The third kappa shape index (κ3) is 5.53. The van der Waals surface area contributed by atoms with E-state index in [9.17, 15) is 9.59 Å². The van der Waals surface area contributed by atoms with Gasteiger partial charge in [-0.05, 0) is 30.2 Å². The van der Waals surface area contributed by atoms with E-state index in [2.05, 4.69) is 10.1 Å². The average molecular weight is 342 g/mol. The fourth-order valence-electron chi connectivity index (χ4n) is 2.22. The minimum Gasteiger partial charge on any atom is -0.453 e. The summed E-state index contributed by atoms with van der Waals surface area (Å²) in [4.78, 5) is 25.5. The number of nitrogens with one attached hydrogen (secondary N) is 1. The number of para-hydroxylation sites is 1. The summed E-state index contributed by atoms with van der Waals surface area (Å²) in [6.45, 7) is 4.59. The molecule has 132 valence electrons. The molecule has 0 bridgehead atoms. The van der Waals surface area contributed by atoms with Crippen molar-refractivity contribution in [2.24, 2.45) is 5.92 Å². The molecule has 0 aliphatic carbocycles. The molecule has 0 radical (unpaired) electrons. The van der Waals surface area contributed by atoms with Crippen molar-refractivity contribution in [1.82, 2.24) is 0 Å². The van der Waals surface area contributed by atoms with Crippen LogP contribution in [0.25, 0.3) is 0 Å². The predicted octanol–water partition coefficient (Wildman–Crippen LogP) is 4.53. The van der Waals surface area contributed by atoms with Crippen LogP contribution < -0.4 is 15.0 Å². The third-order valence-electron chi connectivity index (χ3n) is 3.31. The highest BCUT2D eigenvalue weighted by Gasteiger charge is 2.19. The lowest BCUT2D eigenvalue weighted by Crippen LogP contribution is -2.36. The van der Waals surface area contributed by atoms with Crippen molar-refractivity contribution in [3.8, 4) is 5.75 Å². The summed E-state index contributed by atoms with van der Waals surface area (Å²) >= 11 is 0. The summed E-state index contributed by atoms with van der Waals surface area (Å²) in [5.41, 5.74) is 1.25. The molecule has 0 saturated carbocycles. The number of hydrogen-bond acceptors (Lipinski definition) is 4. The Morgan fingerprint density at radius 1 is 1.08 bits per heavy atom. The van der Waals surface area contributed by atoms with Gasteiger partial charge in [-0.25, -0.2) is 9.59 Å². The zero-order valence-electron chi connectivity index (χ0n) is 14.6. The van der Waals surface area contributed by atoms with Crippen molar-refractivity contribution in [1.29, 1.82) is 0 Å². The Kier molecular flexibility index (Phi) is 6.39. The number of amides is 2. The fourth-order valence-corrected chi connectivity index (χ4v) is 2.22. The van der Waals surface area contributed by atoms with Gasteiger partial charge in [0.15, 0.2) is 0 Å². The summed E-state index contributed by atoms with van der Waals surface area (Å²) < 4.78 is 10.0. The molecule has 2 aromatic carbocycles. The third-order valence-corrected chi connectivity index (χ3v) is 3.31. The Hall–Kier alpha value is -3.02. The highest BCUT2D eigenvalue weighted by Crippen LogP contribution is 2.21. The highest BCUT2D eigenvalue weighted by molar-refractivity contribution is 5.89. The maximum atomic E-state index is 12.6. The molecule has 0 aliphatic rings. The molecule has 2 amide bonds. The molecule has 6 heteroatoms. The molecule has 0 fully saturated rings. The minimum atomic E-state index is -0.589. The van der Waals surface area contributed by atoms with Gasteiger partial charge in [-0.15, -0.1) is 0 Å². The van der Waals surface area contributed by atoms with Gasteiger partial charge in [0.05, 0.1) is 7.11 Å². The topological polar surface area (TPSA) is 67.9 Å². The molecule has 1 N–H and O–H groups in total. The average Bonchev–Trinajstić information content (AvgIpc) is 2.60. The van der Waals surface area contributed by atoms with Crippen molar-refractivity contribution in [2.45, 2.75) is 13.8 Å². The van der Waals surface area contributed by atoms with E-state index in [-0.39, 0.29) is 5.92 Å². The predicted molar refractivity (Wildman–Crippen MR) is 97.1 cm³/mol. The molecular formula is C19H22N2O4. The highest BCUT2D eigenvalue weighted by atomic mass is 16.6. The number of hydrogen-bond donors (Lipinski definition) is 1. The van der Waals surface area contributed by atoms with Crippen LogP contribution in [0.3, 0.4) is 0 Å². The minimum absolute atomic E-state index is 0.278. The summed E-state index contributed by atoms with van der Waals surface area (Å²) in [5, 5.41) is 2.53. The van der Waals surface area contributed by atoms with Gasteiger partial charge in [0.2, 0.25) is 0 Å². The van der Waals surface area contributed by atoms with E-state index in [0.29, 0.717) is 18.0 Å². The van der Waals surface area contributed by atoms with Crippen LogP contribution in [0.1, 0.15) is 13.8 Å². The van der Waals surface area contributed by atoms with Gasteiger partial charge in [-0.2, -0.15) is 0 Å².